The molecule has 29 heavy (non-hydrogen) atoms. The Labute approximate surface area is 173 Å². The fraction of sp³-hybridized carbons (Fsp3) is 0.409. The highest BCUT2D eigenvalue weighted by molar-refractivity contribution is 7.89. The predicted octanol–water partition coefficient (Wildman–Crippen LogP) is 3.27. The molecule has 6 nitrogen and oxygen atoms in total. The molecule has 1 aliphatic heterocycles. The second-order valence-electron chi connectivity index (χ2n) is 7.78. The summed E-state index contributed by atoms with van der Waals surface area (Å²) in [4.78, 5) is 13.7. The summed E-state index contributed by atoms with van der Waals surface area (Å²) < 4.78 is 27.4. The van der Waals surface area contributed by atoms with E-state index in [0.29, 0.717) is 37.8 Å². The van der Waals surface area contributed by atoms with Crippen molar-refractivity contribution >= 4 is 21.6 Å². The van der Waals surface area contributed by atoms with Gasteiger partial charge in [-0.25, -0.2) is 8.42 Å². The summed E-state index contributed by atoms with van der Waals surface area (Å²) in [5.41, 5.74) is 3.17. The highest BCUT2D eigenvalue weighted by Gasteiger charge is 2.28. The molecule has 0 bridgehead atoms. The summed E-state index contributed by atoms with van der Waals surface area (Å²) in [6.07, 6.45) is 0. The van der Waals surface area contributed by atoms with E-state index in [-0.39, 0.29) is 10.8 Å². The lowest BCUT2D eigenvalue weighted by atomic mass is 10.0. The number of carbonyl (C=O) groups excluding carboxylic acids is 1. The molecule has 156 valence electrons. The topological polar surface area (TPSA) is 69.7 Å². The molecule has 0 aromatic heterocycles. The summed E-state index contributed by atoms with van der Waals surface area (Å²) in [6, 6.07) is 15.0. The Morgan fingerprint density at radius 2 is 1.55 bits per heavy atom. The normalized spacial score (nSPS) is 16.1. The van der Waals surface area contributed by atoms with E-state index in [1.54, 1.807) is 28.6 Å². The average Bonchev–Trinajstić information content (AvgIpc) is 2.69. The lowest BCUT2D eigenvalue weighted by Crippen LogP contribution is -2.48. The molecule has 0 radical (unpaired) electrons. The lowest BCUT2D eigenvalue weighted by molar-refractivity contribution is -0.114. The van der Waals surface area contributed by atoms with Gasteiger partial charge in [-0.05, 0) is 41.3 Å². The van der Waals surface area contributed by atoms with E-state index in [4.69, 9.17) is 0 Å². The van der Waals surface area contributed by atoms with E-state index in [9.17, 15) is 13.2 Å². The summed E-state index contributed by atoms with van der Waals surface area (Å²) in [5, 5.41) is 2.65. The molecule has 1 amide bonds. The van der Waals surface area contributed by atoms with E-state index in [2.05, 4.69) is 48.3 Å². The summed E-state index contributed by atoms with van der Waals surface area (Å²) in [6.45, 7) is 8.97. The van der Waals surface area contributed by atoms with E-state index in [1.165, 1.54) is 18.1 Å². The Morgan fingerprint density at radius 1 is 0.966 bits per heavy atom. The maximum atomic E-state index is 12.9. The van der Waals surface area contributed by atoms with E-state index < -0.39 is 10.0 Å². The fourth-order valence-electron chi connectivity index (χ4n) is 3.46. The van der Waals surface area contributed by atoms with Crippen molar-refractivity contribution in [2.45, 2.75) is 38.1 Å². The molecule has 0 atom stereocenters. The molecule has 1 N–H and O–H groups in total. The molecule has 1 aliphatic rings. The molecule has 2 aromatic carbocycles. The Balaban J connectivity index is 1.58. The summed E-state index contributed by atoms with van der Waals surface area (Å²) >= 11 is 0. The molecule has 7 heteroatoms. The third-order valence-corrected chi connectivity index (χ3v) is 7.11. The number of anilines is 1. The zero-order chi connectivity index (χ0) is 21.0. The number of nitrogens with zero attached hydrogens (tertiary/aromatic N) is 2. The highest BCUT2D eigenvalue weighted by Crippen LogP contribution is 2.21. The van der Waals surface area contributed by atoms with Gasteiger partial charge >= 0.3 is 0 Å². The van der Waals surface area contributed by atoms with Crippen LogP contribution in [0.4, 0.5) is 5.69 Å². The van der Waals surface area contributed by atoms with Crippen LogP contribution in [0.1, 0.15) is 37.8 Å². The van der Waals surface area contributed by atoms with Crippen molar-refractivity contribution in [3.05, 3.63) is 59.7 Å². The lowest BCUT2D eigenvalue weighted by Gasteiger charge is -2.34. The van der Waals surface area contributed by atoms with Crippen LogP contribution in [-0.4, -0.2) is 49.7 Å². The Morgan fingerprint density at radius 3 is 2.07 bits per heavy atom. The quantitative estimate of drug-likeness (QED) is 0.786. The first-order chi connectivity index (χ1) is 13.8. The summed E-state index contributed by atoms with van der Waals surface area (Å²) in [5.74, 6) is 0.334. The SMILES string of the molecule is CC(=O)Nc1ccc(S(=O)(=O)N2CCN(Cc3ccc(C(C)C)cc3)CC2)cc1. The maximum absolute atomic E-state index is 12.9. The number of piperazine rings is 1. The number of sulfonamides is 1. The number of nitrogens with one attached hydrogen (secondary N) is 1. The van der Waals surface area contributed by atoms with Gasteiger partial charge in [-0.1, -0.05) is 38.1 Å². The van der Waals surface area contributed by atoms with Gasteiger partial charge < -0.3 is 5.32 Å². The Bertz CT molecular complexity index is 930. The van der Waals surface area contributed by atoms with Crippen LogP contribution in [0.25, 0.3) is 0 Å². The van der Waals surface area contributed by atoms with Crippen molar-refractivity contribution in [3.63, 3.8) is 0 Å². The zero-order valence-corrected chi connectivity index (χ0v) is 18.1. The van der Waals surface area contributed by atoms with E-state index >= 15 is 0 Å². The first-order valence-corrected chi connectivity index (χ1v) is 11.4. The van der Waals surface area contributed by atoms with Crippen LogP contribution in [-0.2, 0) is 21.4 Å². The van der Waals surface area contributed by atoms with Crippen LogP contribution >= 0.6 is 0 Å². The molecule has 1 fully saturated rings. The molecule has 1 saturated heterocycles. The van der Waals surface area contributed by atoms with Gasteiger partial charge in [0.1, 0.15) is 0 Å². The molecular formula is C22H29N3O3S. The molecule has 1 heterocycles. The molecule has 2 aromatic rings. The van der Waals surface area contributed by atoms with Gasteiger partial charge in [0.15, 0.2) is 0 Å². The minimum absolute atomic E-state index is 0.185. The van der Waals surface area contributed by atoms with Crippen LogP contribution in [0.5, 0.6) is 0 Å². The standard InChI is InChI=1S/C22H29N3O3S/c1-17(2)20-6-4-19(5-7-20)16-24-12-14-25(15-13-24)29(27,28)22-10-8-21(9-11-22)23-18(3)26/h4-11,17H,12-16H2,1-3H3,(H,23,26). The first-order valence-electron chi connectivity index (χ1n) is 9.94. The largest absolute Gasteiger partial charge is 0.326 e. The van der Waals surface area contributed by atoms with Crippen LogP contribution in [0, 0.1) is 0 Å². The van der Waals surface area contributed by atoms with Gasteiger partial charge in [0.25, 0.3) is 0 Å². The van der Waals surface area contributed by atoms with Gasteiger partial charge in [-0.2, -0.15) is 4.31 Å². The number of benzene rings is 2. The maximum Gasteiger partial charge on any atom is 0.243 e. The van der Waals surface area contributed by atoms with Crippen LogP contribution in [0.2, 0.25) is 0 Å². The van der Waals surface area contributed by atoms with Crippen molar-refractivity contribution < 1.29 is 13.2 Å². The minimum Gasteiger partial charge on any atom is -0.326 e. The predicted molar refractivity (Wildman–Crippen MR) is 115 cm³/mol. The van der Waals surface area contributed by atoms with Crippen molar-refractivity contribution in [2.24, 2.45) is 0 Å². The first kappa shape index (κ1) is 21.5. The molecular weight excluding hydrogens is 386 g/mol. The van der Waals surface area contributed by atoms with Crippen LogP contribution in [0.3, 0.4) is 0 Å². The van der Waals surface area contributed by atoms with Gasteiger partial charge in [0.05, 0.1) is 4.90 Å². The molecule has 0 spiro atoms. The number of hydrogen-bond acceptors (Lipinski definition) is 4. The van der Waals surface area contributed by atoms with Crippen LogP contribution in [0.15, 0.2) is 53.4 Å². The molecule has 0 aliphatic carbocycles. The number of carbonyl (C=O) groups is 1. The second kappa shape index (κ2) is 9.07. The van der Waals surface area contributed by atoms with E-state index in [0.717, 1.165) is 6.54 Å². The molecule has 3 rings (SSSR count). The number of amides is 1. The van der Waals surface area contributed by atoms with Crippen molar-refractivity contribution in [3.8, 4) is 0 Å². The third-order valence-electron chi connectivity index (χ3n) is 5.20. The van der Waals surface area contributed by atoms with Gasteiger partial charge in [0.2, 0.25) is 15.9 Å². The van der Waals surface area contributed by atoms with E-state index in [1.807, 2.05) is 0 Å². The average molecular weight is 416 g/mol. The fourth-order valence-corrected chi connectivity index (χ4v) is 4.88. The molecule has 0 saturated carbocycles. The van der Waals surface area contributed by atoms with Crippen molar-refractivity contribution in [2.75, 3.05) is 31.5 Å². The minimum atomic E-state index is -3.52. The van der Waals surface area contributed by atoms with Gasteiger partial charge in [0, 0.05) is 45.3 Å². The smallest absolute Gasteiger partial charge is 0.243 e. The Kier molecular flexibility index (Phi) is 6.72. The summed E-state index contributed by atoms with van der Waals surface area (Å²) in [7, 11) is -3.52. The zero-order valence-electron chi connectivity index (χ0n) is 17.3. The molecule has 0 unspecified atom stereocenters. The third kappa shape index (κ3) is 5.44. The van der Waals surface area contributed by atoms with Crippen LogP contribution < -0.4 is 5.32 Å². The monoisotopic (exact) mass is 415 g/mol. The van der Waals surface area contributed by atoms with Gasteiger partial charge in [-0.3, -0.25) is 9.69 Å². The second-order valence-corrected chi connectivity index (χ2v) is 9.72. The van der Waals surface area contributed by atoms with Gasteiger partial charge in [-0.15, -0.1) is 0 Å². The number of hydrogen-bond donors (Lipinski definition) is 1. The van der Waals surface area contributed by atoms with Crippen molar-refractivity contribution in [1.82, 2.24) is 9.21 Å². The van der Waals surface area contributed by atoms with Crippen molar-refractivity contribution in [1.29, 1.82) is 0 Å². The number of rotatable bonds is 6. The highest BCUT2D eigenvalue weighted by atomic mass is 32.2. The Hall–Kier alpha value is -2.22.